The summed E-state index contributed by atoms with van der Waals surface area (Å²) in [6.07, 6.45) is 5.51. The minimum atomic E-state index is 0.558. The third-order valence-electron chi connectivity index (χ3n) is 4.43. The number of imidazole rings is 1. The van der Waals surface area contributed by atoms with E-state index in [1.807, 2.05) is 0 Å². The molecular weight excluding hydrogens is 288 g/mol. The van der Waals surface area contributed by atoms with Gasteiger partial charge in [-0.3, -0.25) is 0 Å². The lowest BCUT2D eigenvalue weighted by Crippen LogP contribution is -2.42. The first-order valence-corrected chi connectivity index (χ1v) is 8.06. The monoisotopic (exact) mass is 308 g/mol. The molecular formula is C17H20N6. The molecule has 3 heterocycles. The summed E-state index contributed by atoms with van der Waals surface area (Å²) in [5.74, 6) is 0.942. The van der Waals surface area contributed by atoms with Gasteiger partial charge in [0.25, 0.3) is 0 Å². The van der Waals surface area contributed by atoms with Crippen molar-refractivity contribution in [3.05, 3.63) is 48.5 Å². The molecule has 23 heavy (non-hydrogen) atoms. The second-order valence-corrected chi connectivity index (χ2v) is 5.92. The number of rotatable bonds is 4. The van der Waals surface area contributed by atoms with E-state index < -0.39 is 0 Å². The number of hydrogen-bond donors (Lipinski definition) is 2. The zero-order valence-corrected chi connectivity index (χ0v) is 12.9. The molecule has 4 rings (SSSR count). The predicted molar refractivity (Wildman–Crippen MR) is 90.2 cm³/mol. The first-order valence-electron chi connectivity index (χ1n) is 8.06. The van der Waals surface area contributed by atoms with E-state index in [-0.39, 0.29) is 0 Å². The SMILES string of the molecule is c1ccc(CNC2CCN(c3ncnc4[nH]cnc34)CC2)cc1. The molecule has 0 amide bonds. The van der Waals surface area contributed by atoms with Gasteiger partial charge in [-0.1, -0.05) is 30.3 Å². The highest BCUT2D eigenvalue weighted by atomic mass is 15.2. The fourth-order valence-electron chi connectivity index (χ4n) is 3.14. The van der Waals surface area contributed by atoms with Crippen LogP contribution in [0.2, 0.25) is 0 Å². The fraction of sp³-hybridized carbons (Fsp3) is 0.353. The van der Waals surface area contributed by atoms with E-state index >= 15 is 0 Å². The Hall–Kier alpha value is -2.47. The number of hydrogen-bond acceptors (Lipinski definition) is 5. The number of nitrogens with one attached hydrogen (secondary N) is 2. The molecule has 1 fully saturated rings. The average Bonchev–Trinajstić information content (AvgIpc) is 3.10. The number of aromatic nitrogens is 4. The summed E-state index contributed by atoms with van der Waals surface area (Å²) >= 11 is 0. The normalized spacial score (nSPS) is 16.1. The molecule has 1 aliphatic heterocycles. The van der Waals surface area contributed by atoms with Crippen LogP contribution in [-0.2, 0) is 6.54 Å². The van der Waals surface area contributed by atoms with Crippen molar-refractivity contribution < 1.29 is 0 Å². The van der Waals surface area contributed by atoms with Crippen LogP contribution in [0.15, 0.2) is 43.0 Å². The number of piperidine rings is 1. The van der Waals surface area contributed by atoms with Crippen molar-refractivity contribution in [3.8, 4) is 0 Å². The van der Waals surface area contributed by atoms with Crippen molar-refractivity contribution >= 4 is 17.0 Å². The Morgan fingerprint density at radius 3 is 2.74 bits per heavy atom. The molecule has 0 aliphatic carbocycles. The Morgan fingerprint density at radius 2 is 1.91 bits per heavy atom. The van der Waals surface area contributed by atoms with Crippen molar-refractivity contribution in [1.29, 1.82) is 0 Å². The van der Waals surface area contributed by atoms with Gasteiger partial charge >= 0.3 is 0 Å². The first-order chi connectivity index (χ1) is 11.4. The summed E-state index contributed by atoms with van der Waals surface area (Å²) < 4.78 is 0. The summed E-state index contributed by atoms with van der Waals surface area (Å²) in [5, 5.41) is 3.66. The van der Waals surface area contributed by atoms with E-state index in [4.69, 9.17) is 0 Å². The van der Waals surface area contributed by atoms with Crippen molar-refractivity contribution in [2.75, 3.05) is 18.0 Å². The van der Waals surface area contributed by atoms with Crippen LogP contribution < -0.4 is 10.2 Å². The van der Waals surface area contributed by atoms with Gasteiger partial charge in [-0.15, -0.1) is 0 Å². The second kappa shape index (κ2) is 6.34. The van der Waals surface area contributed by atoms with Crippen molar-refractivity contribution in [1.82, 2.24) is 25.3 Å². The number of nitrogens with zero attached hydrogens (tertiary/aromatic N) is 4. The molecule has 0 unspecified atom stereocenters. The summed E-state index contributed by atoms with van der Waals surface area (Å²) in [4.78, 5) is 18.3. The zero-order chi connectivity index (χ0) is 15.5. The molecule has 6 heteroatoms. The van der Waals surface area contributed by atoms with E-state index in [0.717, 1.165) is 49.5 Å². The number of fused-ring (bicyclic) bond motifs is 1. The van der Waals surface area contributed by atoms with E-state index in [9.17, 15) is 0 Å². The van der Waals surface area contributed by atoms with Crippen molar-refractivity contribution in [2.24, 2.45) is 0 Å². The number of anilines is 1. The molecule has 2 aromatic heterocycles. The largest absolute Gasteiger partial charge is 0.355 e. The first kappa shape index (κ1) is 14.1. The maximum absolute atomic E-state index is 4.43. The van der Waals surface area contributed by atoms with Gasteiger partial charge in [0, 0.05) is 25.7 Å². The van der Waals surface area contributed by atoms with Crippen LogP contribution in [0, 0.1) is 0 Å². The Kier molecular flexibility index (Phi) is 3.90. The maximum atomic E-state index is 4.43. The van der Waals surface area contributed by atoms with Gasteiger partial charge in [0.1, 0.15) is 11.8 Å². The minimum Gasteiger partial charge on any atom is -0.355 e. The highest BCUT2D eigenvalue weighted by Crippen LogP contribution is 2.23. The van der Waals surface area contributed by atoms with Gasteiger partial charge in [-0.2, -0.15) is 0 Å². The van der Waals surface area contributed by atoms with Gasteiger partial charge in [0.15, 0.2) is 11.5 Å². The van der Waals surface area contributed by atoms with Crippen molar-refractivity contribution in [2.45, 2.75) is 25.4 Å². The van der Waals surface area contributed by atoms with Crippen LogP contribution in [0.25, 0.3) is 11.2 Å². The number of benzene rings is 1. The standard InChI is InChI=1S/C17H20N6/c1-2-4-13(5-3-1)10-18-14-6-8-23(9-7-14)17-15-16(20-11-19-15)21-12-22-17/h1-5,11-12,14,18H,6-10H2,(H,19,20,21,22). The Bertz CT molecular complexity index is 761. The molecule has 6 nitrogen and oxygen atoms in total. The van der Waals surface area contributed by atoms with Gasteiger partial charge in [-0.05, 0) is 18.4 Å². The van der Waals surface area contributed by atoms with Crippen LogP contribution in [0.1, 0.15) is 18.4 Å². The Balaban J connectivity index is 1.37. The third-order valence-corrected chi connectivity index (χ3v) is 4.43. The van der Waals surface area contributed by atoms with E-state index in [0.29, 0.717) is 6.04 Å². The van der Waals surface area contributed by atoms with Crippen LogP contribution >= 0.6 is 0 Å². The summed E-state index contributed by atoms with van der Waals surface area (Å²) in [5.41, 5.74) is 3.01. The van der Waals surface area contributed by atoms with Crippen LogP contribution in [-0.4, -0.2) is 39.1 Å². The predicted octanol–water partition coefficient (Wildman–Crippen LogP) is 2.11. The molecule has 1 saturated heterocycles. The third kappa shape index (κ3) is 3.03. The summed E-state index contributed by atoms with van der Waals surface area (Å²) in [6.45, 7) is 2.92. The van der Waals surface area contributed by atoms with Gasteiger partial charge in [0.2, 0.25) is 0 Å². The second-order valence-electron chi connectivity index (χ2n) is 5.92. The van der Waals surface area contributed by atoms with E-state index in [1.54, 1.807) is 12.7 Å². The molecule has 0 radical (unpaired) electrons. The Morgan fingerprint density at radius 1 is 1.09 bits per heavy atom. The topological polar surface area (TPSA) is 69.7 Å². The fourth-order valence-corrected chi connectivity index (χ4v) is 3.14. The summed E-state index contributed by atoms with van der Waals surface area (Å²) in [7, 11) is 0. The zero-order valence-electron chi connectivity index (χ0n) is 12.9. The molecule has 1 aromatic carbocycles. The smallest absolute Gasteiger partial charge is 0.162 e. The van der Waals surface area contributed by atoms with E-state index in [2.05, 4.69) is 60.5 Å². The Labute approximate surface area is 135 Å². The van der Waals surface area contributed by atoms with Gasteiger partial charge in [-0.25, -0.2) is 15.0 Å². The molecule has 0 bridgehead atoms. The van der Waals surface area contributed by atoms with Crippen LogP contribution in [0.3, 0.4) is 0 Å². The average molecular weight is 308 g/mol. The van der Waals surface area contributed by atoms with Crippen LogP contribution in [0.4, 0.5) is 5.82 Å². The molecule has 118 valence electrons. The summed E-state index contributed by atoms with van der Waals surface area (Å²) in [6, 6.07) is 11.1. The lowest BCUT2D eigenvalue weighted by atomic mass is 10.0. The number of aromatic amines is 1. The quantitative estimate of drug-likeness (QED) is 0.772. The molecule has 1 aliphatic rings. The molecule has 2 N–H and O–H groups in total. The van der Waals surface area contributed by atoms with Gasteiger partial charge in [0.05, 0.1) is 6.33 Å². The molecule has 3 aromatic rings. The maximum Gasteiger partial charge on any atom is 0.162 e. The lowest BCUT2D eigenvalue weighted by Gasteiger charge is -2.33. The van der Waals surface area contributed by atoms with E-state index in [1.165, 1.54) is 5.56 Å². The highest BCUT2D eigenvalue weighted by molar-refractivity contribution is 5.82. The number of H-pyrrole nitrogens is 1. The van der Waals surface area contributed by atoms with Gasteiger partial charge < -0.3 is 15.2 Å². The molecule has 0 atom stereocenters. The van der Waals surface area contributed by atoms with Crippen LogP contribution in [0.5, 0.6) is 0 Å². The molecule has 0 spiro atoms. The molecule has 0 saturated carbocycles. The lowest BCUT2D eigenvalue weighted by molar-refractivity contribution is 0.413. The highest BCUT2D eigenvalue weighted by Gasteiger charge is 2.22. The van der Waals surface area contributed by atoms with Crippen molar-refractivity contribution in [3.63, 3.8) is 0 Å². The minimum absolute atomic E-state index is 0.558.